The van der Waals surface area contributed by atoms with E-state index < -0.39 is 5.97 Å². The van der Waals surface area contributed by atoms with E-state index in [1.807, 2.05) is 0 Å². The van der Waals surface area contributed by atoms with Gasteiger partial charge in [-0.1, -0.05) is 20.8 Å². The summed E-state index contributed by atoms with van der Waals surface area (Å²) >= 11 is 0. The maximum Gasteiger partial charge on any atom is 0.303 e. The zero-order valence-electron chi connectivity index (χ0n) is 12.5. The molecule has 0 bridgehead atoms. The number of hydrogen-bond donors (Lipinski definition) is 1. The highest BCUT2D eigenvalue weighted by molar-refractivity contribution is 5.66. The lowest BCUT2D eigenvalue weighted by atomic mass is 10.1. The molecule has 1 unspecified atom stereocenters. The Labute approximate surface area is 112 Å². The number of rotatable bonds is 11. The molecule has 0 aromatic heterocycles. The molecule has 0 aliphatic rings. The summed E-state index contributed by atoms with van der Waals surface area (Å²) in [7, 11) is 0. The molecule has 4 heteroatoms. The highest BCUT2D eigenvalue weighted by Gasteiger charge is 2.13. The molecule has 0 saturated heterocycles. The van der Waals surface area contributed by atoms with E-state index in [-0.39, 0.29) is 6.42 Å². The molecular weight excluding hydrogens is 228 g/mol. The molecule has 0 amide bonds. The first-order valence-corrected chi connectivity index (χ1v) is 7.23. The molecule has 0 aliphatic heterocycles. The quantitative estimate of drug-likeness (QED) is 0.617. The summed E-state index contributed by atoms with van der Waals surface area (Å²) in [6.45, 7) is 14.1. The minimum atomic E-state index is -0.693. The van der Waals surface area contributed by atoms with Gasteiger partial charge in [-0.05, 0) is 52.5 Å². The summed E-state index contributed by atoms with van der Waals surface area (Å²) in [5.74, 6) is -0.693. The van der Waals surface area contributed by atoms with Gasteiger partial charge in [-0.25, -0.2) is 0 Å². The third kappa shape index (κ3) is 7.67. The van der Waals surface area contributed by atoms with Gasteiger partial charge in [0.05, 0.1) is 0 Å². The molecule has 0 aromatic carbocycles. The normalized spacial score (nSPS) is 13.2. The van der Waals surface area contributed by atoms with Crippen LogP contribution in [-0.2, 0) is 4.79 Å². The van der Waals surface area contributed by atoms with Crippen molar-refractivity contribution in [2.24, 2.45) is 0 Å². The van der Waals surface area contributed by atoms with E-state index >= 15 is 0 Å². The van der Waals surface area contributed by atoms with E-state index in [1.54, 1.807) is 0 Å². The Morgan fingerprint density at radius 3 is 2.17 bits per heavy atom. The summed E-state index contributed by atoms with van der Waals surface area (Å²) in [5, 5.41) is 8.70. The van der Waals surface area contributed by atoms with Gasteiger partial charge in [0.2, 0.25) is 0 Å². The van der Waals surface area contributed by atoms with Crippen molar-refractivity contribution in [1.82, 2.24) is 9.80 Å². The van der Waals surface area contributed by atoms with Crippen molar-refractivity contribution in [2.45, 2.75) is 53.0 Å². The van der Waals surface area contributed by atoms with E-state index in [9.17, 15) is 4.79 Å². The second kappa shape index (κ2) is 10.3. The topological polar surface area (TPSA) is 43.8 Å². The van der Waals surface area contributed by atoms with Crippen molar-refractivity contribution in [3.05, 3.63) is 0 Å². The van der Waals surface area contributed by atoms with Gasteiger partial charge in [0.15, 0.2) is 0 Å². The molecular formula is C14H30N2O2. The zero-order valence-corrected chi connectivity index (χ0v) is 12.5. The van der Waals surface area contributed by atoms with Gasteiger partial charge in [0, 0.05) is 12.5 Å². The van der Waals surface area contributed by atoms with Crippen molar-refractivity contribution >= 4 is 5.97 Å². The number of nitrogens with zero attached hydrogens (tertiary/aromatic N) is 2. The van der Waals surface area contributed by atoms with Crippen molar-refractivity contribution in [3.8, 4) is 0 Å². The SMILES string of the molecule is CCN(CC)CCCN(CC)C(C)CCC(=O)O. The molecule has 18 heavy (non-hydrogen) atoms. The van der Waals surface area contributed by atoms with Gasteiger partial charge in [-0.2, -0.15) is 0 Å². The van der Waals surface area contributed by atoms with Crippen LogP contribution in [0, 0.1) is 0 Å². The van der Waals surface area contributed by atoms with E-state index in [4.69, 9.17) is 5.11 Å². The van der Waals surface area contributed by atoms with Gasteiger partial charge in [-0.3, -0.25) is 4.79 Å². The molecule has 108 valence electrons. The van der Waals surface area contributed by atoms with E-state index in [2.05, 4.69) is 37.5 Å². The molecule has 1 N–H and O–H groups in total. The van der Waals surface area contributed by atoms with Crippen LogP contribution >= 0.6 is 0 Å². The highest BCUT2D eigenvalue weighted by atomic mass is 16.4. The standard InChI is InChI=1S/C14H30N2O2/c1-5-15(6-2)11-8-12-16(7-3)13(4)9-10-14(17)18/h13H,5-12H2,1-4H3,(H,17,18). The Kier molecular flexibility index (Phi) is 9.98. The lowest BCUT2D eigenvalue weighted by Gasteiger charge is -2.28. The third-order valence-corrected chi connectivity index (χ3v) is 3.62. The van der Waals surface area contributed by atoms with Crippen LogP contribution < -0.4 is 0 Å². The highest BCUT2D eigenvalue weighted by Crippen LogP contribution is 2.07. The Hall–Kier alpha value is -0.610. The largest absolute Gasteiger partial charge is 0.481 e. The fourth-order valence-electron chi connectivity index (χ4n) is 2.24. The molecule has 1 atom stereocenters. The first-order chi connectivity index (χ1) is 8.54. The minimum Gasteiger partial charge on any atom is -0.481 e. The van der Waals surface area contributed by atoms with Gasteiger partial charge in [0.25, 0.3) is 0 Å². The van der Waals surface area contributed by atoms with Crippen molar-refractivity contribution in [3.63, 3.8) is 0 Å². The number of carboxylic acid groups (broad SMARTS) is 1. The lowest BCUT2D eigenvalue weighted by Crippen LogP contribution is -2.36. The van der Waals surface area contributed by atoms with Crippen molar-refractivity contribution < 1.29 is 9.90 Å². The maximum atomic E-state index is 10.6. The number of carbonyl (C=O) groups is 1. The molecule has 0 rings (SSSR count). The fourth-order valence-corrected chi connectivity index (χ4v) is 2.24. The first-order valence-electron chi connectivity index (χ1n) is 7.23. The summed E-state index contributed by atoms with van der Waals surface area (Å²) in [5.41, 5.74) is 0. The lowest BCUT2D eigenvalue weighted by molar-refractivity contribution is -0.137. The third-order valence-electron chi connectivity index (χ3n) is 3.62. The average molecular weight is 258 g/mol. The fraction of sp³-hybridized carbons (Fsp3) is 0.929. The molecule has 0 saturated carbocycles. The molecule has 0 aromatic rings. The first kappa shape index (κ1) is 17.4. The molecule has 0 aliphatic carbocycles. The smallest absolute Gasteiger partial charge is 0.303 e. The van der Waals surface area contributed by atoms with E-state index in [0.29, 0.717) is 6.04 Å². The Bertz CT molecular complexity index is 218. The zero-order chi connectivity index (χ0) is 14.0. The van der Waals surface area contributed by atoms with Crippen LogP contribution in [0.15, 0.2) is 0 Å². The van der Waals surface area contributed by atoms with Gasteiger partial charge in [0.1, 0.15) is 0 Å². The monoisotopic (exact) mass is 258 g/mol. The molecule has 0 fully saturated rings. The predicted octanol–water partition coefficient (Wildman–Crippen LogP) is 2.29. The summed E-state index contributed by atoms with van der Waals surface area (Å²) < 4.78 is 0. The van der Waals surface area contributed by atoms with Crippen LogP contribution in [0.2, 0.25) is 0 Å². The summed E-state index contributed by atoms with van der Waals surface area (Å²) in [6, 6.07) is 0.364. The maximum absolute atomic E-state index is 10.6. The second-order valence-electron chi connectivity index (χ2n) is 4.79. The van der Waals surface area contributed by atoms with Crippen LogP contribution in [0.1, 0.15) is 47.0 Å². The molecule has 4 nitrogen and oxygen atoms in total. The van der Waals surface area contributed by atoms with E-state index in [1.165, 1.54) is 0 Å². The number of carboxylic acids is 1. The molecule has 0 spiro atoms. The minimum absolute atomic E-state index is 0.272. The van der Waals surface area contributed by atoms with Crippen LogP contribution in [0.4, 0.5) is 0 Å². The Balaban J connectivity index is 3.90. The summed E-state index contributed by atoms with van der Waals surface area (Å²) in [4.78, 5) is 15.4. The molecule has 0 heterocycles. The Morgan fingerprint density at radius 1 is 1.11 bits per heavy atom. The van der Waals surface area contributed by atoms with Gasteiger partial charge >= 0.3 is 5.97 Å². The average Bonchev–Trinajstić information content (AvgIpc) is 2.36. The second-order valence-corrected chi connectivity index (χ2v) is 4.79. The van der Waals surface area contributed by atoms with E-state index in [0.717, 1.165) is 45.6 Å². The van der Waals surface area contributed by atoms with Crippen LogP contribution in [-0.4, -0.2) is 59.6 Å². The number of aliphatic carboxylic acids is 1. The molecule has 0 radical (unpaired) electrons. The van der Waals surface area contributed by atoms with Gasteiger partial charge < -0.3 is 14.9 Å². The summed E-state index contributed by atoms with van der Waals surface area (Å²) in [6.07, 6.45) is 2.18. The Morgan fingerprint density at radius 2 is 1.72 bits per heavy atom. The predicted molar refractivity (Wildman–Crippen MR) is 76.0 cm³/mol. The van der Waals surface area contributed by atoms with Crippen LogP contribution in [0.5, 0.6) is 0 Å². The van der Waals surface area contributed by atoms with Crippen molar-refractivity contribution in [1.29, 1.82) is 0 Å². The van der Waals surface area contributed by atoms with Crippen LogP contribution in [0.3, 0.4) is 0 Å². The van der Waals surface area contributed by atoms with Gasteiger partial charge in [-0.15, -0.1) is 0 Å². The van der Waals surface area contributed by atoms with Crippen LogP contribution in [0.25, 0.3) is 0 Å². The number of hydrogen-bond acceptors (Lipinski definition) is 3. The van der Waals surface area contributed by atoms with Crippen molar-refractivity contribution in [2.75, 3.05) is 32.7 Å².